The minimum atomic E-state index is -0.154. The van der Waals surface area contributed by atoms with Crippen LogP contribution in [0.1, 0.15) is 16.6 Å². The summed E-state index contributed by atoms with van der Waals surface area (Å²) in [7, 11) is 0. The molecule has 0 bridgehead atoms. The number of fused-ring (bicyclic) bond motifs is 2. The molecule has 0 spiro atoms. The second kappa shape index (κ2) is 6.53. The number of anilines is 1. The molecule has 1 N–H and O–H groups in total. The standard InChI is InChI=1S/C20H16N2O2S/c1-2-24-17-10-6-5-9-16(17)21-19(23)18-12-14-11-13-7-3-4-8-15(13)22-20(14)25-18/h3-12H,2H2,1H3,(H,21,23). The number of amides is 1. The Hall–Kier alpha value is -2.92. The molecular formula is C20H16N2O2S. The van der Waals surface area contributed by atoms with Gasteiger partial charge in [-0.05, 0) is 37.3 Å². The Morgan fingerprint density at radius 3 is 2.76 bits per heavy atom. The van der Waals surface area contributed by atoms with Gasteiger partial charge in [0.05, 0.1) is 22.7 Å². The van der Waals surface area contributed by atoms with E-state index in [0.717, 1.165) is 21.1 Å². The van der Waals surface area contributed by atoms with Crippen LogP contribution in [-0.2, 0) is 0 Å². The summed E-state index contributed by atoms with van der Waals surface area (Å²) in [6.45, 7) is 2.47. The highest BCUT2D eigenvalue weighted by atomic mass is 32.1. The van der Waals surface area contributed by atoms with Crippen LogP contribution in [0.4, 0.5) is 5.69 Å². The monoisotopic (exact) mass is 348 g/mol. The lowest BCUT2D eigenvalue weighted by molar-refractivity contribution is 0.103. The number of pyridine rings is 1. The number of benzene rings is 2. The second-order valence-electron chi connectivity index (χ2n) is 5.57. The Kier molecular flexibility index (Phi) is 4.07. The normalized spacial score (nSPS) is 10.9. The molecule has 4 nitrogen and oxygen atoms in total. The molecule has 124 valence electrons. The lowest BCUT2D eigenvalue weighted by Gasteiger charge is -2.10. The molecule has 2 aromatic carbocycles. The first-order valence-corrected chi connectivity index (χ1v) is 8.89. The largest absolute Gasteiger partial charge is 0.492 e. The Morgan fingerprint density at radius 1 is 1.08 bits per heavy atom. The summed E-state index contributed by atoms with van der Waals surface area (Å²) in [5.74, 6) is 0.516. The van der Waals surface area contributed by atoms with Crippen LogP contribution in [0, 0.1) is 0 Å². The Morgan fingerprint density at radius 2 is 1.88 bits per heavy atom. The number of nitrogens with one attached hydrogen (secondary N) is 1. The quantitative estimate of drug-likeness (QED) is 0.558. The fraction of sp³-hybridized carbons (Fsp3) is 0.100. The van der Waals surface area contributed by atoms with E-state index in [2.05, 4.69) is 16.4 Å². The summed E-state index contributed by atoms with van der Waals surface area (Å²) in [4.78, 5) is 18.8. The molecule has 0 saturated carbocycles. The maximum Gasteiger partial charge on any atom is 0.265 e. The molecule has 0 aliphatic carbocycles. The second-order valence-corrected chi connectivity index (χ2v) is 6.60. The predicted octanol–water partition coefficient (Wildman–Crippen LogP) is 5.10. The van der Waals surface area contributed by atoms with Gasteiger partial charge in [0.25, 0.3) is 5.91 Å². The van der Waals surface area contributed by atoms with E-state index in [1.54, 1.807) is 0 Å². The number of thiophene rings is 1. The van der Waals surface area contributed by atoms with E-state index in [9.17, 15) is 4.79 Å². The Balaban J connectivity index is 1.67. The molecule has 25 heavy (non-hydrogen) atoms. The molecule has 4 aromatic rings. The summed E-state index contributed by atoms with van der Waals surface area (Å²) < 4.78 is 5.56. The molecule has 0 saturated heterocycles. The smallest absolute Gasteiger partial charge is 0.265 e. The summed E-state index contributed by atoms with van der Waals surface area (Å²) in [5.41, 5.74) is 1.61. The molecule has 0 atom stereocenters. The van der Waals surface area contributed by atoms with Crippen molar-refractivity contribution >= 4 is 44.1 Å². The topological polar surface area (TPSA) is 51.2 Å². The molecular weight excluding hydrogens is 332 g/mol. The van der Waals surface area contributed by atoms with Crippen LogP contribution in [-0.4, -0.2) is 17.5 Å². The fourth-order valence-corrected chi connectivity index (χ4v) is 3.64. The number of hydrogen-bond acceptors (Lipinski definition) is 4. The molecule has 0 radical (unpaired) electrons. The number of carbonyl (C=O) groups is 1. The van der Waals surface area contributed by atoms with Gasteiger partial charge in [0.15, 0.2) is 0 Å². The first-order valence-electron chi connectivity index (χ1n) is 8.07. The van der Waals surface area contributed by atoms with Crippen LogP contribution in [0.3, 0.4) is 0 Å². The number of aromatic nitrogens is 1. The minimum Gasteiger partial charge on any atom is -0.492 e. The lowest BCUT2D eigenvalue weighted by atomic mass is 10.2. The van der Waals surface area contributed by atoms with Gasteiger partial charge in [0.2, 0.25) is 0 Å². The van der Waals surface area contributed by atoms with Crippen LogP contribution in [0.15, 0.2) is 60.7 Å². The van der Waals surface area contributed by atoms with Crippen LogP contribution < -0.4 is 10.1 Å². The molecule has 1 amide bonds. The summed E-state index contributed by atoms with van der Waals surface area (Å²) >= 11 is 1.39. The Bertz CT molecular complexity index is 1020. The minimum absolute atomic E-state index is 0.154. The van der Waals surface area contributed by atoms with Gasteiger partial charge >= 0.3 is 0 Å². The van der Waals surface area contributed by atoms with Gasteiger partial charge in [0.1, 0.15) is 10.6 Å². The third-order valence-corrected chi connectivity index (χ3v) is 4.91. The summed E-state index contributed by atoms with van der Waals surface area (Å²) in [5, 5.41) is 4.98. The highest BCUT2D eigenvalue weighted by Gasteiger charge is 2.14. The number of hydrogen-bond donors (Lipinski definition) is 1. The van der Waals surface area contributed by atoms with Gasteiger partial charge in [0, 0.05) is 10.8 Å². The fourth-order valence-electron chi connectivity index (χ4n) is 2.72. The molecule has 2 heterocycles. The number of ether oxygens (including phenoxy) is 1. The van der Waals surface area contributed by atoms with E-state index in [-0.39, 0.29) is 5.91 Å². The molecule has 0 fully saturated rings. The van der Waals surface area contributed by atoms with E-state index in [4.69, 9.17) is 4.74 Å². The van der Waals surface area contributed by atoms with E-state index >= 15 is 0 Å². The van der Waals surface area contributed by atoms with Crippen molar-refractivity contribution in [2.24, 2.45) is 0 Å². The van der Waals surface area contributed by atoms with Gasteiger partial charge in [-0.2, -0.15) is 0 Å². The summed E-state index contributed by atoms with van der Waals surface area (Å²) in [6.07, 6.45) is 0. The summed E-state index contributed by atoms with van der Waals surface area (Å²) in [6, 6.07) is 19.3. The van der Waals surface area contributed by atoms with Crippen LogP contribution in [0.5, 0.6) is 5.75 Å². The molecule has 0 unspecified atom stereocenters. The number of para-hydroxylation sites is 3. The van der Waals surface area contributed by atoms with Crippen molar-refractivity contribution in [2.45, 2.75) is 6.92 Å². The number of carbonyl (C=O) groups excluding carboxylic acids is 1. The van der Waals surface area contributed by atoms with E-state index < -0.39 is 0 Å². The highest BCUT2D eigenvalue weighted by Crippen LogP contribution is 2.29. The van der Waals surface area contributed by atoms with Crippen LogP contribution >= 0.6 is 11.3 Å². The van der Waals surface area contributed by atoms with E-state index in [1.165, 1.54) is 11.3 Å². The van der Waals surface area contributed by atoms with Gasteiger partial charge < -0.3 is 10.1 Å². The molecule has 5 heteroatoms. The average molecular weight is 348 g/mol. The zero-order valence-electron chi connectivity index (χ0n) is 13.7. The zero-order valence-corrected chi connectivity index (χ0v) is 14.5. The molecule has 4 rings (SSSR count). The lowest BCUT2D eigenvalue weighted by Crippen LogP contribution is -2.11. The molecule has 0 aliphatic heterocycles. The van der Waals surface area contributed by atoms with Crippen molar-refractivity contribution in [3.05, 3.63) is 65.5 Å². The Labute approximate surface area is 149 Å². The SMILES string of the molecule is CCOc1ccccc1NC(=O)c1cc2cc3ccccc3nc2s1. The first-order chi connectivity index (χ1) is 12.2. The van der Waals surface area contributed by atoms with Crippen molar-refractivity contribution in [3.8, 4) is 5.75 Å². The van der Waals surface area contributed by atoms with E-state index in [0.29, 0.717) is 22.9 Å². The van der Waals surface area contributed by atoms with Crippen molar-refractivity contribution in [2.75, 3.05) is 11.9 Å². The van der Waals surface area contributed by atoms with Gasteiger partial charge in [-0.1, -0.05) is 30.3 Å². The molecule has 2 aromatic heterocycles. The van der Waals surface area contributed by atoms with Gasteiger partial charge in [-0.15, -0.1) is 11.3 Å². The highest BCUT2D eigenvalue weighted by molar-refractivity contribution is 7.20. The first kappa shape index (κ1) is 15.6. The van der Waals surface area contributed by atoms with Crippen molar-refractivity contribution in [1.29, 1.82) is 0 Å². The zero-order chi connectivity index (χ0) is 17.2. The maximum atomic E-state index is 12.6. The molecule has 0 aliphatic rings. The van der Waals surface area contributed by atoms with Crippen molar-refractivity contribution in [1.82, 2.24) is 4.98 Å². The van der Waals surface area contributed by atoms with Crippen molar-refractivity contribution < 1.29 is 9.53 Å². The third-order valence-electron chi connectivity index (χ3n) is 3.87. The van der Waals surface area contributed by atoms with Crippen molar-refractivity contribution in [3.63, 3.8) is 0 Å². The number of rotatable bonds is 4. The predicted molar refractivity (Wildman–Crippen MR) is 103 cm³/mol. The maximum absolute atomic E-state index is 12.6. The van der Waals surface area contributed by atoms with E-state index in [1.807, 2.05) is 61.5 Å². The van der Waals surface area contributed by atoms with Crippen LogP contribution in [0.25, 0.3) is 21.1 Å². The van der Waals surface area contributed by atoms with Crippen LogP contribution in [0.2, 0.25) is 0 Å². The van der Waals surface area contributed by atoms with Gasteiger partial charge in [-0.25, -0.2) is 4.98 Å². The third kappa shape index (κ3) is 3.06. The average Bonchev–Trinajstić information content (AvgIpc) is 3.04. The van der Waals surface area contributed by atoms with Gasteiger partial charge in [-0.3, -0.25) is 4.79 Å². The number of nitrogens with zero attached hydrogens (tertiary/aromatic N) is 1.